The van der Waals surface area contributed by atoms with Gasteiger partial charge in [0.1, 0.15) is 0 Å². The lowest BCUT2D eigenvalue weighted by atomic mass is 10.2. The fourth-order valence-corrected chi connectivity index (χ4v) is 2.44. The first kappa shape index (κ1) is 11.2. The van der Waals surface area contributed by atoms with Crippen molar-refractivity contribution in [3.8, 4) is 0 Å². The SMILES string of the molecule is Clc1cc(Br)ccc1CNC1CC=CC1. The van der Waals surface area contributed by atoms with Crippen molar-refractivity contribution in [1.29, 1.82) is 0 Å². The maximum atomic E-state index is 6.13. The van der Waals surface area contributed by atoms with Gasteiger partial charge in [-0.1, -0.05) is 45.7 Å². The van der Waals surface area contributed by atoms with E-state index in [1.165, 1.54) is 0 Å². The van der Waals surface area contributed by atoms with E-state index in [-0.39, 0.29) is 0 Å². The van der Waals surface area contributed by atoms with E-state index in [0.29, 0.717) is 6.04 Å². The van der Waals surface area contributed by atoms with E-state index in [4.69, 9.17) is 11.6 Å². The minimum atomic E-state index is 0.588. The van der Waals surface area contributed by atoms with E-state index in [0.717, 1.165) is 34.4 Å². The Labute approximate surface area is 104 Å². The summed E-state index contributed by atoms with van der Waals surface area (Å²) in [5.41, 5.74) is 1.16. The van der Waals surface area contributed by atoms with Gasteiger partial charge in [-0.05, 0) is 30.5 Å². The van der Waals surface area contributed by atoms with Crippen LogP contribution >= 0.6 is 27.5 Å². The molecule has 0 amide bonds. The molecule has 0 atom stereocenters. The molecule has 0 spiro atoms. The van der Waals surface area contributed by atoms with Gasteiger partial charge in [0.05, 0.1) is 0 Å². The molecule has 0 heterocycles. The molecule has 0 unspecified atom stereocenters. The summed E-state index contributed by atoms with van der Waals surface area (Å²) in [5.74, 6) is 0. The Hall–Kier alpha value is -0.310. The van der Waals surface area contributed by atoms with Crippen LogP contribution in [0, 0.1) is 0 Å². The van der Waals surface area contributed by atoms with Gasteiger partial charge in [0.15, 0.2) is 0 Å². The van der Waals surface area contributed by atoms with Gasteiger partial charge >= 0.3 is 0 Å². The van der Waals surface area contributed by atoms with Gasteiger partial charge in [-0.25, -0.2) is 0 Å². The van der Waals surface area contributed by atoms with Crippen LogP contribution in [-0.4, -0.2) is 6.04 Å². The molecule has 15 heavy (non-hydrogen) atoms. The summed E-state index contributed by atoms with van der Waals surface area (Å²) in [6.07, 6.45) is 6.71. The van der Waals surface area contributed by atoms with E-state index in [2.05, 4.69) is 39.5 Å². The number of benzene rings is 1. The van der Waals surface area contributed by atoms with E-state index in [1.54, 1.807) is 0 Å². The van der Waals surface area contributed by atoms with Gasteiger partial charge in [-0.2, -0.15) is 0 Å². The third-order valence-corrected chi connectivity index (χ3v) is 3.45. The van der Waals surface area contributed by atoms with Crippen LogP contribution in [0.3, 0.4) is 0 Å². The molecule has 0 saturated heterocycles. The third kappa shape index (κ3) is 3.07. The smallest absolute Gasteiger partial charge is 0.0462 e. The summed E-state index contributed by atoms with van der Waals surface area (Å²) in [6.45, 7) is 0.846. The van der Waals surface area contributed by atoms with Crippen LogP contribution in [0.15, 0.2) is 34.8 Å². The fourth-order valence-electron chi connectivity index (χ4n) is 1.70. The molecule has 1 aromatic carbocycles. The van der Waals surface area contributed by atoms with Gasteiger partial charge in [-0.3, -0.25) is 0 Å². The highest BCUT2D eigenvalue weighted by molar-refractivity contribution is 9.10. The first-order chi connectivity index (χ1) is 7.25. The predicted octanol–water partition coefficient (Wildman–Crippen LogP) is 3.91. The molecule has 0 radical (unpaired) electrons. The minimum Gasteiger partial charge on any atom is -0.309 e. The molecule has 1 N–H and O–H groups in total. The Kier molecular flexibility index (Phi) is 3.84. The Morgan fingerprint density at radius 2 is 2.07 bits per heavy atom. The average Bonchev–Trinajstić information content (AvgIpc) is 2.69. The summed E-state index contributed by atoms with van der Waals surface area (Å²) < 4.78 is 1.03. The molecule has 1 nitrogen and oxygen atoms in total. The molecule has 1 aliphatic carbocycles. The van der Waals surface area contributed by atoms with E-state index >= 15 is 0 Å². The van der Waals surface area contributed by atoms with E-state index in [9.17, 15) is 0 Å². The highest BCUT2D eigenvalue weighted by atomic mass is 79.9. The van der Waals surface area contributed by atoms with Gasteiger partial charge in [-0.15, -0.1) is 0 Å². The molecule has 2 rings (SSSR count). The van der Waals surface area contributed by atoms with Crippen LogP contribution in [0.25, 0.3) is 0 Å². The zero-order chi connectivity index (χ0) is 10.7. The predicted molar refractivity (Wildman–Crippen MR) is 68.2 cm³/mol. The summed E-state index contributed by atoms with van der Waals surface area (Å²) in [6, 6.07) is 6.60. The molecule has 0 aromatic heterocycles. The number of rotatable bonds is 3. The monoisotopic (exact) mass is 285 g/mol. The zero-order valence-corrected chi connectivity index (χ0v) is 10.7. The Morgan fingerprint density at radius 3 is 2.73 bits per heavy atom. The van der Waals surface area contributed by atoms with Crippen LogP contribution < -0.4 is 5.32 Å². The van der Waals surface area contributed by atoms with Gasteiger partial charge in [0, 0.05) is 22.1 Å². The van der Waals surface area contributed by atoms with Crippen LogP contribution in [0.5, 0.6) is 0 Å². The number of nitrogens with one attached hydrogen (secondary N) is 1. The fraction of sp³-hybridized carbons (Fsp3) is 0.333. The van der Waals surface area contributed by atoms with E-state index in [1.807, 2.05) is 12.1 Å². The molecule has 3 heteroatoms. The first-order valence-electron chi connectivity index (χ1n) is 5.08. The van der Waals surface area contributed by atoms with Gasteiger partial charge in [0.2, 0.25) is 0 Å². The van der Waals surface area contributed by atoms with Crippen LogP contribution in [0.1, 0.15) is 18.4 Å². The highest BCUT2D eigenvalue weighted by Gasteiger charge is 2.09. The number of hydrogen-bond acceptors (Lipinski definition) is 1. The van der Waals surface area contributed by atoms with Crippen molar-refractivity contribution in [1.82, 2.24) is 5.32 Å². The lowest BCUT2D eigenvalue weighted by Gasteiger charge is -2.12. The quantitative estimate of drug-likeness (QED) is 0.831. The van der Waals surface area contributed by atoms with Gasteiger partial charge < -0.3 is 5.32 Å². The number of halogens is 2. The van der Waals surface area contributed by atoms with Crippen molar-refractivity contribution in [3.63, 3.8) is 0 Å². The summed E-state index contributed by atoms with van der Waals surface area (Å²) in [5, 5.41) is 4.32. The number of hydrogen-bond donors (Lipinski definition) is 1. The molecule has 80 valence electrons. The second-order valence-corrected chi connectivity index (χ2v) is 5.08. The third-order valence-electron chi connectivity index (χ3n) is 2.60. The standard InChI is InChI=1S/C12H13BrClN/c13-10-6-5-9(12(14)7-10)8-15-11-3-1-2-4-11/h1-2,5-7,11,15H,3-4,8H2. The minimum absolute atomic E-state index is 0.588. The maximum absolute atomic E-state index is 6.13. The molecule has 1 aliphatic rings. The Balaban J connectivity index is 1.92. The normalized spacial score (nSPS) is 16.1. The molecular weight excluding hydrogens is 273 g/mol. The Morgan fingerprint density at radius 1 is 1.33 bits per heavy atom. The average molecular weight is 287 g/mol. The zero-order valence-electron chi connectivity index (χ0n) is 8.34. The molecule has 0 saturated carbocycles. The van der Waals surface area contributed by atoms with Crippen molar-refractivity contribution >= 4 is 27.5 Å². The second-order valence-electron chi connectivity index (χ2n) is 3.76. The molecule has 0 fully saturated rings. The topological polar surface area (TPSA) is 12.0 Å². The van der Waals surface area contributed by atoms with Crippen LogP contribution in [-0.2, 0) is 6.54 Å². The van der Waals surface area contributed by atoms with Crippen molar-refractivity contribution < 1.29 is 0 Å². The lowest BCUT2D eigenvalue weighted by molar-refractivity contribution is 0.538. The van der Waals surface area contributed by atoms with Crippen molar-refractivity contribution in [2.75, 3.05) is 0 Å². The summed E-state index contributed by atoms with van der Waals surface area (Å²) in [7, 11) is 0. The first-order valence-corrected chi connectivity index (χ1v) is 6.25. The molecule has 0 aliphatic heterocycles. The van der Waals surface area contributed by atoms with Gasteiger partial charge in [0.25, 0.3) is 0 Å². The van der Waals surface area contributed by atoms with Crippen molar-refractivity contribution in [3.05, 3.63) is 45.4 Å². The molecule has 1 aromatic rings. The van der Waals surface area contributed by atoms with Crippen molar-refractivity contribution in [2.24, 2.45) is 0 Å². The maximum Gasteiger partial charge on any atom is 0.0462 e. The summed E-state index contributed by atoms with van der Waals surface area (Å²) >= 11 is 9.53. The molecule has 0 bridgehead atoms. The Bertz CT molecular complexity index is 368. The highest BCUT2D eigenvalue weighted by Crippen LogP contribution is 2.21. The second kappa shape index (κ2) is 5.15. The lowest BCUT2D eigenvalue weighted by Crippen LogP contribution is -2.25. The van der Waals surface area contributed by atoms with Crippen molar-refractivity contribution in [2.45, 2.75) is 25.4 Å². The largest absolute Gasteiger partial charge is 0.309 e. The van der Waals surface area contributed by atoms with Crippen LogP contribution in [0.2, 0.25) is 5.02 Å². The molecular formula is C12H13BrClN. The van der Waals surface area contributed by atoms with Crippen LogP contribution in [0.4, 0.5) is 0 Å². The summed E-state index contributed by atoms with van der Waals surface area (Å²) in [4.78, 5) is 0. The van der Waals surface area contributed by atoms with E-state index < -0.39 is 0 Å².